The molecule has 0 unspecified atom stereocenters. The Balaban J connectivity index is 2.66. The molecule has 0 saturated carbocycles. The number of rotatable bonds is 7. The van der Waals surface area contributed by atoms with Gasteiger partial charge in [-0.15, -0.1) is 6.58 Å². The second-order valence-electron chi connectivity index (χ2n) is 4.44. The van der Waals surface area contributed by atoms with E-state index in [0.717, 1.165) is 12.8 Å². The third-order valence-corrected chi connectivity index (χ3v) is 2.71. The monoisotopic (exact) mass is 276 g/mol. The minimum absolute atomic E-state index is 0.187. The molecule has 2 amide bonds. The summed E-state index contributed by atoms with van der Waals surface area (Å²) in [5, 5.41) is 11.4. The summed E-state index contributed by atoms with van der Waals surface area (Å²) in [7, 11) is 0. The van der Waals surface area contributed by atoms with Crippen molar-refractivity contribution < 1.29 is 14.7 Å². The summed E-state index contributed by atoms with van der Waals surface area (Å²) in [5.41, 5.74) is 1.85. The van der Waals surface area contributed by atoms with Gasteiger partial charge in [-0.1, -0.05) is 31.6 Å². The zero-order valence-electron chi connectivity index (χ0n) is 11.6. The number of amides is 2. The Morgan fingerprint density at radius 2 is 2.00 bits per heavy atom. The van der Waals surface area contributed by atoms with E-state index in [-0.39, 0.29) is 13.1 Å². The topological polar surface area (TPSA) is 69.6 Å². The maximum atomic E-state index is 12.0. The highest BCUT2D eigenvalue weighted by molar-refractivity contribution is 5.91. The Bertz CT molecular complexity index is 469. The molecular weight excluding hydrogens is 256 g/mol. The van der Waals surface area contributed by atoms with Crippen LogP contribution in [0.2, 0.25) is 0 Å². The Labute approximate surface area is 118 Å². The normalized spacial score (nSPS) is 9.85. The molecule has 5 heteroatoms. The van der Waals surface area contributed by atoms with Crippen LogP contribution in [0, 0.1) is 0 Å². The molecule has 1 aromatic carbocycles. The van der Waals surface area contributed by atoms with Gasteiger partial charge < -0.3 is 15.3 Å². The molecule has 108 valence electrons. The fourth-order valence-electron chi connectivity index (χ4n) is 1.78. The van der Waals surface area contributed by atoms with Crippen LogP contribution in [-0.2, 0) is 11.2 Å². The van der Waals surface area contributed by atoms with Crippen LogP contribution < -0.4 is 5.32 Å². The van der Waals surface area contributed by atoms with Gasteiger partial charge >= 0.3 is 12.0 Å². The summed E-state index contributed by atoms with van der Waals surface area (Å²) in [6.07, 6.45) is 3.56. The summed E-state index contributed by atoms with van der Waals surface area (Å²) in [6, 6.07) is 7.09. The highest BCUT2D eigenvalue weighted by atomic mass is 16.4. The molecule has 0 spiro atoms. The molecule has 0 saturated heterocycles. The number of urea groups is 1. The van der Waals surface area contributed by atoms with Crippen molar-refractivity contribution in [2.75, 3.05) is 18.4 Å². The van der Waals surface area contributed by atoms with Gasteiger partial charge in [0.05, 0.1) is 0 Å². The van der Waals surface area contributed by atoms with E-state index in [1.54, 1.807) is 0 Å². The van der Waals surface area contributed by atoms with Crippen molar-refractivity contribution in [1.82, 2.24) is 4.90 Å². The lowest BCUT2D eigenvalue weighted by molar-refractivity contribution is -0.137. The zero-order chi connectivity index (χ0) is 15.0. The van der Waals surface area contributed by atoms with Crippen molar-refractivity contribution in [1.29, 1.82) is 0 Å². The van der Waals surface area contributed by atoms with Crippen LogP contribution >= 0.6 is 0 Å². The van der Waals surface area contributed by atoms with E-state index in [1.807, 2.05) is 24.3 Å². The van der Waals surface area contributed by atoms with Crippen molar-refractivity contribution in [2.24, 2.45) is 0 Å². The molecule has 1 aromatic rings. The fourth-order valence-corrected chi connectivity index (χ4v) is 1.78. The smallest absolute Gasteiger partial charge is 0.323 e. The Hall–Kier alpha value is -2.30. The third-order valence-electron chi connectivity index (χ3n) is 2.71. The summed E-state index contributed by atoms with van der Waals surface area (Å²) in [6.45, 7) is 5.45. The first-order valence-electron chi connectivity index (χ1n) is 6.54. The van der Waals surface area contributed by atoms with E-state index in [4.69, 9.17) is 5.11 Å². The lowest BCUT2D eigenvalue weighted by Crippen LogP contribution is -2.38. The first kappa shape index (κ1) is 15.8. The lowest BCUT2D eigenvalue weighted by Gasteiger charge is -2.19. The SMILES string of the molecule is C=CCN(CC(=O)O)C(=O)Nc1ccc(CCC)cc1. The first-order chi connectivity index (χ1) is 9.56. The van der Waals surface area contributed by atoms with Gasteiger partial charge in [0.25, 0.3) is 0 Å². The number of carboxylic acids is 1. The van der Waals surface area contributed by atoms with Crippen LogP contribution in [0.1, 0.15) is 18.9 Å². The van der Waals surface area contributed by atoms with E-state index >= 15 is 0 Å². The minimum Gasteiger partial charge on any atom is -0.480 e. The van der Waals surface area contributed by atoms with E-state index in [9.17, 15) is 9.59 Å². The number of carboxylic acid groups (broad SMARTS) is 1. The van der Waals surface area contributed by atoms with Gasteiger partial charge in [-0.25, -0.2) is 4.79 Å². The van der Waals surface area contributed by atoms with Gasteiger partial charge in [0.15, 0.2) is 0 Å². The molecule has 2 N–H and O–H groups in total. The van der Waals surface area contributed by atoms with Crippen molar-refractivity contribution in [3.63, 3.8) is 0 Å². The van der Waals surface area contributed by atoms with Crippen LogP contribution in [-0.4, -0.2) is 35.1 Å². The van der Waals surface area contributed by atoms with Gasteiger partial charge in [-0.3, -0.25) is 4.79 Å². The van der Waals surface area contributed by atoms with Gasteiger partial charge in [0.2, 0.25) is 0 Å². The fraction of sp³-hybridized carbons (Fsp3) is 0.333. The van der Waals surface area contributed by atoms with Crippen LogP contribution in [0.5, 0.6) is 0 Å². The highest BCUT2D eigenvalue weighted by Crippen LogP contribution is 2.11. The van der Waals surface area contributed by atoms with Gasteiger partial charge in [-0.2, -0.15) is 0 Å². The molecule has 0 radical (unpaired) electrons. The highest BCUT2D eigenvalue weighted by Gasteiger charge is 2.15. The Morgan fingerprint density at radius 1 is 1.35 bits per heavy atom. The number of carbonyl (C=O) groups is 2. The number of benzene rings is 1. The molecule has 5 nitrogen and oxygen atoms in total. The Morgan fingerprint density at radius 3 is 2.50 bits per heavy atom. The van der Waals surface area contributed by atoms with Crippen LogP contribution in [0.15, 0.2) is 36.9 Å². The number of hydrogen-bond acceptors (Lipinski definition) is 2. The molecule has 0 atom stereocenters. The second kappa shape index (κ2) is 7.99. The van der Waals surface area contributed by atoms with E-state index in [2.05, 4.69) is 18.8 Å². The zero-order valence-corrected chi connectivity index (χ0v) is 11.6. The summed E-state index contributed by atoms with van der Waals surface area (Å²) < 4.78 is 0. The minimum atomic E-state index is -1.06. The largest absolute Gasteiger partial charge is 0.480 e. The molecule has 1 rings (SSSR count). The summed E-state index contributed by atoms with van der Waals surface area (Å²) in [5.74, 6) is -1.06. The van der Waals surface area contributed by atoms with E-state index in [0.29, 0.717) is 5.69 Å². The van der Waals surface area contributed by atoms with Crippen LogP contribution in [0.25, 0.3) is 0 Å². The summed E-state index contributed by atoms with van der Waals surface area (Å²) in [4.78, 5) is 23.8. The molecule has 0 aromatic heterocycles. The predicted molar refractivity (Wildman–Crippen MR) is 78.9 cm³/mol. The van der Waals surface area contributed by atoms with Crippen molar-refractivity contribution >= 4 is 17.7 Å². The maximum absolute atomic E-state index is 12.0. The van der Waals surface area contributed by atoms with Crippen molar-refractivity contribution in [2.45, 2.75) is 19.8 Å². The van der Waals surface area contributed by atoms with Crippen molar-refractivity contribution in [3.05, 3.63) is 42.5 Å². The van der Waals surface area contributed by atoms with Gasteiger partial charge in [-0.05, 0) is 24.1 Å². The molecule has 0 bridgehead atoms. The number of aryl methyl sites for hydroxylation is 1. The standard InChI is InChI=1S/C15H20N2O3/c1-3-5-12-6-8-13(9-7-12)16-15(20)17(10-4-2)11-14(18)19/h4,6-9H,2-3,5,10-11H2,1H3,(H,16,20)(H,18,19). The quantitative estimate of drug-likeness (QED) is 0.752. The third kappa shape index (κ3) is 5.14. The maximum Gasteiger partial charge on any atom is 0.323 e. The average molecular weight is 276 g/mol. The van der Waals surface area contributed by atoms with Crippen molar-refractivity contribution in [3.8, 4) is 0 Å². The summed E-state index contributed by atoms with van der Waals surface area (Å²) >= 11 is 0. The number of anilines is 1. The molecule has 20 heavy (non-hydrogen) atoms. The molecule has 0 aliphatic carbocycles. The van der Waals surface area contributed by atoms with E-state index < -0.39 is 12.0 Å². The van der Waals surface area contributed by atoms with Gasteiger partial charge in [0.1, 0.15) is 6.54 Å². The molecular formula is C15H20N2O3. The molecule has 0 heterocycles. The van der Waals surface area contributed by atoms with Crippen LogP contribution in [0.3, 0.4) is 0 Å². The number of carbonyl (C=O) groups excluding carboxylic acids is 1. The lowest BCUT2D eigenvalue weighted by atomic mass is 10.1. The number of nitrogens with one attached hydrogen (secondary N) is 1. The molecule has 0 fully saturated rings. The van der Waals surface area contributed by atoms with E-state index in [1.165, 1.54) is 16.5 Å². The number of nitrogens with zero attached hydrogens (tertiary/aromatic N) is 1. The van der Waals surface area contributed by atoms with Gasteiger partial charge in [0, 0.05) is 12.2 Å². The predicted octanol–water partition coefficient (Wildman–Crippen LogP) is 2.74. The second-order valence-corrected chi connectivity index (χ2v) is 4.44. The first-order valence-corrected chi connectivity index (χ1v) is 6.54. The molecule has 0 aliphatic heterocycles. The average Bonchev–Trinajstić information content (AvgIpc) is 2.40. The van der Waals surface area contributed by atoms with Crippen LogP contribution in [0.4, 0.5) is 10.5 Å². The Kier molecular flexibility index (Phi) is 6.29. The number of aliphatic carboxylic acids is 1. The molecule has 0 aliphatic rings. The number of hydrogen-bond donors (Lipinski definition) is 2.